The molecular formula is C22H25N3O3. The van der Waals surface area contributed by atoms with Crippen LogP contribution in [0.25, 0.3) is 0 Å². The minimum absolute atomic E-state index is 0.170. The third kappa shape index (κ3) is 3.29. The molecule has 3 atom stereocenters. The number of carbonyl (C=O) groups is 1. The Kier molecular flexibility index (Phi) is 4.89. The molecule has 2 heterocycles. The van der Waals surface area contributed by atoms with Gasteiger partial charge in [-0.15, -0.1) is 0 Å². The van der Waals surface area contributed by atoms with Crippen molar-refractivity contribution in [2.45, 2.75) is 31.5 Å². The molecule has 6 nitrogen and oxygen atoms in total. The number of esters is 1. The Morgan fingerprint density at radius 2 is 2.11 bits per heavy atom. The summed E-state index contributed by atoms with van der Waals surface area (Å²) in [6.45, 7) is 6.23. The van der Waals surface area contributed by atoms with Gasteiger partial charge in [0, 0.05) is 12.1 Å². The van der Waals surface area contributed by atoms with E-state index in [-0.39, 0.29) is 18.1 Å². The zero-order chi connectivity index (χ0) is 19.7. The normalized spacial score (nSPS) is 29.4. The van der Waals surface area contributed by atoms with Crippen molar-refractivity contribution in [1.29, 1.82) is 0 Å². The Hall–Kier alpha value is -2.73. The summed E-state index contributed by atoms with van der Waals surface area (Å²) in [6, 6.07) is 10.2. The van der Waals surface area contributed by atoms with Crippen LogP contribution in [0.1, 0.15) is 19.4 Å². The van der Waals surface area contributed by atoms with Gasteiger partial charge in [-0.3, -0.25) is 9.98 Å². The summed E-state index contributed by atoms with van der Waals surface area (Å²) in [5, 5.41) is 0. The van der Waals surface area contributed by atoms with Crippen molar-refractivity contribution < 1.29 is 14.3 Å². The van der Waals surface area contributed by atoms with E-state index in [1.807, 2.05) is 37.3 Å². The van der Waals surface area contributed by atoms with Crippen molar-refractivity contribution in [1.82, 2.24) is 4.90 Å². The lowest BCUT2D eigenvalue weighted by molar-refractivity contribution is -0.135. The van der Waals surface area contributed by atoms with Crippen LogP contribution >= 0.6 is 0 Å². The Labute approximate surface area is 165 Å². The van der Waals surface area contributed by atoms with Crippen LogP contribution in [0.3, 0.4) is 0 Å². The number of hydrogen-bond acceptors (Lipinski definition) is 6. The third-order valence-electron chi connectivity index (χ3n) is 5.44. The van der Waals surface area contributed by atoms with E-state index in [1.54, 1.807) is 6.08 Å². The summed E-state index contributed by atoms with van der Waals surface area (Å²) in [7, 11) is 1.39. The van der Waals surface area contributed by atoms with E-state index >= 15 is 0 Å². The number of morpholine rings is 1. The second-order valence-corrected chi connectivity index (χ2v) is 7.52. The van der Waals surface area contributed by atoms with Gasteiger partial charge in [-0.2, -0.15) is 0 Å². The van der Waals surface area contributed by atoms with E-state index in [2.05, 4.69) is 24.0 Å². The van der Waals surface area contributed by atoms with Crippen molar-refractivity contribution in [2.24, 2.45) is 9.98 Å². The number of methoxy groups -OCH3 is 1. The molecule has 0 radical (unpaired) electrons. The van der Waals surface area contributed by atoms with Gasteiger partial charge in [0.25, 0.3) is 0 Å². The van der Waals surface area contributed by atoms with Crippen LogP contribution in [-0.4, -0.2) is 66.9 Å². The minimum atomic E-state index is -0.635. The Morgan fingerprint density at radius 1 is 1.32 bits per heavy atom. The van der Waals surface area contributed by atoms with Crippen molar-refractivity contribution in [2.75, 3.05) is 26.9 Å². The van der Waals surface area contributed by atoms with E-state index in [0.29, 0.717) is 18.8 Å². The highest BCUT2D eigenvalue weighted by atomic mass is 16.5. The van der Waals surface area contributed by atoms with Gasteiger partial charge < -0.3 is 14.4 Å². The predicted molar refractivity (Wildman–Crippen MR) is 109 cm³/mol. The monoisotopic (exact) mass is 379 g/mol. The largest absolute Gasteiger partial charge is 0.465 e. The van der Waals surface area contributed by atoms with Crippen LogP contribution in [0, 0.1) is 0 Å². The maximum Gasteiger partial charge on any atom is 0.337 e. The average Bonchev–Trinajstić information content (AvgIpc) is 2.72. The van der Waals surface area contributed by atoms with Gasteiger partial charge in [-0.05, 0) is 26.0 Å². The van der Waals surface area contributed by atoms with E-state index in [9.17, 15) is 4.79 Å². The first-order valence-corrected chi connectivity index (χ1v) is 9.59. The molecule has 0 bridgehead atoms. The molecule has 3 aliphatic rings. The first-order chi connectivity index (χ1) is 13.5. The molecule has 1 aliphatic carbocycles. The molecular weight excluding hydrogens is 354 g/mol. The fourth-order valence-corrected chi connectivity index (χ4v) is 3.87. The number of carbonyl (C=O) groups excluding carboxylic acids is 1. The number of ether oxygens (including phenoxy) is 2. The first kappa shape index (κ1) is 18.6. The summed E-state index contributed by atoms with van der Waals surface area (Å²) < 4.78 is 10.5. The minimum Gasteiger partial charge on any atom is -0.465 e. The number of fused-ring (bicyclic) bond motifs is 1. The van der Waals surface area contributed by atoms with Crippen LogP contribution in [0.5, 0.6) is 0 Å². The molecule has 0 saturated carbocycles. The highest BCUT2D eigenvalue weighted by molar-refractivity contribution is 6.48. The molecule has 0 N–H and O–H groups in total. The van der Waals surface area contributed by atoms with E-state index in [0.717, 1.165) is 23.7 Å². The number of rotatable bonds is 2. The molecule has 1 fully saturated rings. The Morgan fingerprint density at radius 3 is 2.82 bits per heavy atom. The van der Waals surface area contributed by atoms with Crippen LogP contribution in [0.15, 0.2) is 64.1 Å². The second-order valence-electron chi connectivity index (χ2n) is 7.52. The number of hydrogen-bond donors (Lipinski definition) is 0. The molecule has 0 aromatic heterocycles. The zero-order valence-electron chi connectivity index (χ0n) is 16.5. The summed E-state index contributed by atoms with van der Waals surface area (Å²) in [5.74, 6) is 0.502. The van der Waals surface area contributed by atoms with Crippen LogP contribution in [0.4, 0.5) is 0 Å². The fourth-order valence-electron chi connectivity index (χ4n) is 3.87. The van der Waals surface area contributed by atoms with E-state index in [4.69, 9.17) is 19.5 Å². The highest BCUT2D eigenvalue weighted by Crippen LogP contribution is 2.33. The van der Waals surface area contributed by atoms with Gasteiger partial charge in [0.1, 0.15) is 11.3 Å². The number of nitrogens with zero attached hydrogens (tertiary/aromatic N) is 3. The van der Waals surface area contributed by atoms with Gasteiger partial charge in [-0.25, -0.2) is 4.79 Å². The molecule has 3 unspecified atom stereocenters. The summed E-state index contributed by atoms with van der Waals surface area (Å²) in [6.07, 6.45) is 5.60. The molecule has 1 aromatic rings. The topological polar surface area (TPSA) is 63.5 Å². The van der Waals surface area contributed by atoms with Crippen molar-refractivity contribution in [3.05, 3.63) is 59.7 Å². The SMILES string of the molecule is COC(=O)C1=CC2(C)N=C(N3CCOCC3C)C(c3ccccc3)=NC2C=C1. The molecule has 1 saturated heterocycles. The van der Waals surface area contributed by atoms with Crippen LogP contribution in [0.2, 0.25) is 0 Å². The van der Waals surface area contributed by atoms with E-state index < -0.39 is 5.54 Å². The number of aliphatic imine (C=N–C) groups is 2. The summed E-state index contributed by atoms with van der Waals surface area (Å²) >= 11 is 0. The number of amidine groups is 1. The van der Waals surface area contributed by atoms with Gasteiger partial charge in [0.15, 0.2) is 5.84 Å². The quantitative estimate of drug-likeness (QED) is 0.741. The van der Waals surface area contributed by atoms with Gasteiger partial charge in [-0.1, -0.05) is 36.4 Å². The predicted octanol–water partition coefficient (Wildman–Crippen LogP) is 2.41. The fraction of sp³-hybridized carbons (Fsp3) is 0.409. The number of benzene rings is 1. The van der Waals surface area contributed by atoms with Gasteiger partial charge >= 0.3 is 5.97 Å². The van der Waals surface area contributed by atoms with E-state index in [1.165, 1.54) is 7.11 Å². The molecule has 2 aliphatic heterocycles. The Balaban J connectivity index is 1.81. The van der Waals surface area contributed by atoms with Crippen LogP contribution in [-0.2, 0) is 14.3 Å². The molecule has 0 spiro atoms. The Bertz CT molecular complexity index is 888. The molecule has 146 valence electrons. The smallest absolute Gasteiger partial charge is 0.337 e. The maximum absolute atomic E-state index is 12.1. The summed E-state index contributed by atoms with van der Waals surface area (Å²) in [5.41, 5.74) is 1.80. The lowest BCUT2D eigenvalue weighted by atomic mass is 9.84. The highest BCUT2D eigenvalue weighted by Gasteiger charge is 2.41. The lowest BCUT2D eigenvalue weighted by Gasteiger charge is -2.42. The van der Waals surface area contributed by atoms with Gasteiger partial charge in [0.05, 0.1) is 38.0 Å². The standard InChI is InChI=1S/C22H25N3O3/c1-15-14-28-12-11-25(15)20-19(16-7-5-4-6-8-16)23-18-10-9-17(21(26)27-3)13-22(18,2)24-20/h4-10,13,15,18H,11-12,14H2,1-3H3. The third-order valence-corrected chi connectivity index (χ3v) is 5.44. The maximum atomic E-state index is 12.1. The van der Waals surface area contributed by atoms with Gasteiger partial charge in [0.2, 0.25) is 0 Å². The zero-order valence-corrected chi connectivity index (χ0v) is 16.5. The molecule has 4 rings (SSSR count). The first-order valence-electron chi connectivity index (χ1n) is 9.59. The molecule has 1 aromatic carbocycles. The molecule has 28 heavy (non-hydrogen) atoms. The van der Waals surface area contributed by atoms with Crippen molar-refractivity contribution in [3.8, 4) is 0 Å². The lowest BCUT2D eigenvalue weighted by Crippen LogP contribution is -2.54. The second kappa shape index (κ2) is 7.36. The van der Waals surface area contributed by atoms with Crippen LogP contribution < -0.4 is 0 Å². The van der Waals surface area contributed by atoms with Crippen molar-refractivity contribution >= 4 is 17.5 Å². The molecule has 0 amide bonds. The average molecular weight is 379 g/mol. The summed E-state index contributed by atoms with van der Waals surface area (Å²) in [4.78, 5) is 24.5. The molecule has 6 heteroatoms. The van der Waals surface area contributed by atoms with Crippen molar-refractivity contribution in [3.63, 3.8) is 0 Å².